The van der Waals surface area contributed by atoms with E-state index in [-0.39, 0.29) is 22.3 Å². The zero-order valence-electron chi connectivity index (χ0n) is 13.1. The lowest BCUT2D eigenvalue weighted by Gasteiger charge is -2.26. The quantitative estimate of drug-likeness (QED) is 0.592. The third kappa shape index (κ3) is 3.42. The van der Waals surface area contributed by atoms with Crippen molar-refractivity contribution in [1.29, 1.82) is 0 Å². The van der Waals surface area contributed by atoms with E-state index >= 15 is 0 Å². The Labute approximate surface area is 144 Å². The predicted molar refractivity (Wildman–Crippen MR) is 84.9 cm³/mol. The molecule has 0 saturated heterocycles. The van der Waals surface area contributed by atoms with Gasteiger partial charge >= 0.3 is 5.51 Å². The second kappa shape index (κ2) is 6.23. The van der Waals surface area contributed by atoms with Gasteiger partial charge in [-0.15, -0.1) is 5.06 Å². The van der Waals surface area contributed by atoms with Crippen LogP contribution in [0.2, 0.25) is 0 Å². The smallest absolute Gasteiger partial charge is 0.470 e. The van der Waals surface area contributed by atoms with Gasteiger partial charge in [0.25, 0.3) is 11.8 Å². The van der Waals surface area contributed by atoms with E-state index in [9.17, 15) is 22.8 Å². The molecule has 0 aliphatic carbocycles. The van der Waals surface area contributed by atoms with Gasteiger partial charge in [-0.25, -0.2) is 0 Å². The fraction of sp³-hybridized carbons (Fsp3) is 0.250. The number of carbonyl (C=O) groups is 2. The molecule has 3 rings (SSSR count). The normalized spacial score (nSPS) is 14.6. The second-order valence-corrected chi connectivity index (χ2v) is 6.33. The van der Waals surface area contributed by atoms with Gasteiger partial charge in [-0.05, 0) is 37.4 Å². The van der Waals surface area contributed by atoms with Crippen LogP contribution in [0.4, 0.5) is 13.2 Å². The van der Waals surface area contributed by atoms with E-state index in [2.05, 4.69) is 4.28 Å². The molecule has 25 heavy (non-hydrogen) atoms. The molecule has 0 N–H and O–H groups in total. The van der Waals surface area contributed by atoms with Crippen molar-refractivity contribution in [3.63, 3.8) is 0 Å². The molecule has 2 amide bonds. The van der Waals surface area contributed by atoms with Gasteiger partial charge in [-0.1, -0.05) is 12.1 Å². The Balaban J connectivity index is 2.09. The molecule has 0 fully saturated rings. The zero-order chi connectivity index (χ0) is 18.4. The van der Waals surface area contributed by atoms with Gasteiger partial charge in [0.2, 0.25) is 0 Å². The van der Waals surface area contributed by atoms with E-state index in [0.717, 1.165) is 0 Å². The van der Waals surface area contributed by atoms with Crippen molar-refractivity contribution in [1.82, 2.24) is 5.06 Å². The van der Waals surface area contributed by atoms with Crippen LogP contribution >= 0.6 is 12.0 Å². The lowest BCUT2D eigenvalue weighted by atomic mass is 9.94. The Morgan fingerprint density at radius 2 is 1.76 bits per heavy atom. The molecular weight excluding hydrogens is 359 g/mol. The van der Waals surface area contributed by atoms with Crippen molar-refractivity contribution in [2.75, 3.05) is 0 Å². The van der Waals surface area contributed by atoms with Crippen molar-refractivity contribution in [3.8, 4) is 5.75 Å². The number of benzene rings is 2. The summed E-state index contributed by atoms with van der Waals surface area (Å²) in [7, 11) is 0. The highest BCUT2D eigenvalue weighted by molar-refractivity contribution is 7.95. The van der Waals surface area contributed by atoms with E-state index in [0.29, 0.717) is 16.5 Å². The lowest BCUT2D eigenvalue weighted by Crippen LogP contribution is -2.39. The molecule has 2 aromatic carbocycles. The van der Waals surface area contributed by atoms with E-state index in [4.69, 9.17) is 4.74 Å². The lowest BCUT2D eigenvalue weighted by molar-refractivity contribution is -0.0570. The van der Waals surface area contributed by atoms with E-state index in [1.165, 1.54) is 12.1 Å². The molecule has 0 spiro atoms. The summed E-state index contributed by atoms with van der Waals surface area (Å²) in [5.74, 6) is -1.54. The van der Waals surface area contributed by atoms with Crippen molar-refractivity contribution in [2.45, 2.75) is 25.5 Å². The maximum Gasteiger partial charge on any atom is 0.470 e. The third-order valence-electron chi connectivity index (χ3n) is 3.36. The fourth-order valence-corrected chi connectivity index (χ4v) is 2.84. The number of nitrogens with zero attached hydrogens (tertiary/aromatic N) is 1. The van der Waals surface area contributed by atoms with Crippen LogP contribution in [0.1, 0.15) is 34.6 Å². The SMILES string of the molecule is CC(C)Oc1cc2c3c(cccc3c1)C(=O)N(OSC(F)(F)F)C2=O. The van der Waals surface area contributed by atoms with Crippen molar-refractivity contribution < 1.29 is 31.8 Å². The summed E-state index contributed by atoms with van der Waals surface area (Å²) in [6.45, 7) is 3.60. The molecule has 2 aromatic rings. The van der Waals surface area contributed by atoms with Crippen LogP contribution in [0.5, 0.6) is 5.75 Å². The minimum Gasteiger partial charge on any atom is -0.491 e. The Hall–Kier alpha value is -2.26. The summed E-state index contributed by atoms with van der Waals surface area (Å²) in [4.78, 5) is 24.9. The summed E-state index contributed by atoms with van der Waals surface area (Å²) in [6, 6.07) is 7.76. The number of alkyl halides is 3. The molecule has 9 heteroatoms. The van der Waals surface area contributed by atoms with Crippen LogP contribution < -0.4 is 4.74 Å². The zero-order valence-corrected chi connectivity index (χ0v) is 13.9. The first-order chi connectivity index (χ1) is 11.7. The highest BCUT2D eigenvalue weighted by Gasteiger charge is 2.39. The Kier molecular flexibility index (Phi) is 4.38. The maximum absolute atomic E-state index is 12.5. The molecule has 0 bridgehead atoms. The van der Waals surface area contributed by atoms with Crippen LogP contribution in [0, 0.1) is 0 Å². The Bertz CT molecular complexity index is 866. The van der Waals surface area contributed by atoms with Crippen LogP contribution in [-0.2, 0) is 4.28 Å². The number of halogens is 3. The van der Waals surface area contributed by atoms with Crippen molar-refractivity contribution in [3.05, 3.63) is 41.5 Å². The summed E-state index contributed by atoms with van der Waals surface area (Å²) >= 11 is -0.920. The number of hydrogen-bond donors (Lipinski definition) is 0. The van der Waals surface area contributed by atoms with Gasteiger partial charge in [-0.2, -0.15) is 17.5 Å². The van der Waals surface area contributed by atoms with E-state index < -0.39 is 29.4 Å². The molecule has 0 atom stereocenters. The fourth-order valence-electron chi connectivity index (χ4n) is 2.55. The highest BCUT2D eigenvalue weighted by Crippen LogP contribution is 2.37. The monoisotopic (exact) mass is 371 g/mol. The van der Waals surface area contributed by atoms with Gasteiger partial charge in [0.1, 0.15) is 17.8 Å². The number of carbonyl (C=O) groups excluding carboxylic acids is 2. The van der Waals surface area contributed by atoms with Gasteiger partial charge in [0, 0.05) is 5.39 Å². The first-order valence-corrected chi connectivity index (χ1v) is 7.96. The molecule has 1 heterocycles. The van der Waals surface area contributed by atoms with E-state index in [1.54, 1.807) is 32.0 Å². The number of ether oxygens (including phenoxy) is 1. The summed E-state index contributed by atoms with van der Waals surface area (Å²) in [5.41, 5.74) is -4.62. The van der Waals surface area contributed by atoms with Crippen LogP contribution in [0.25, 0.3) is 10.8 Å². The van der Waals surface area contributed by atoms with Gasteiger partial charge in [0.05, 0.1) is 17.2 Å². The summed E-state index contributed by atoms with van der Waals surface area (Å²) in [5, 5.41) is 1.06. The standard InChI is InChI=1S/C16H12F3NO4S/c1-8(2)23-10-6-9-4-3-5-11-13(9)12(7-10)15(22)20(14(11)21)24-25-16(17,18)19/h3-8H,1-2H3. The molecule has 0 saturated carbocycles. The number of hydrogen-bond acceptors (Lipinski definition) is 5. The molecule has 1 aliphatic heterocycles. The average molecular weight is 371 g/mol. The van der Waals surface area contributed by atoms with E-state index in [1.807, 2.05) is 0 Å². The topological polar surface area (TPSA) is 55.8 Å². The maximum atomic E-state index is 12.5. The number of imide groups is 1. The van der Waals surface area contributed by atoms with Crippen LogP contribution in [-0.4, -0.2) is 28.5 Å². The molecule has 0 unspecified atom stereocenters. The summed E-state index contributed by atoms with van der Waals surface area (Å²) < 4.78 is 47.0. The minimum atomic E-state index is -4.75. The largest absolute Gasteiger partial charge is 0.491 e. The Morgan fingerprint density at radius 3 is 2.40 bits per heavy atom. The molecule has 1 aliphatic rings. The van der Waals surface area contributed by atoms with Gasteiger partial charge in [0.15, 0.2) is 0 Å². The molecular formula is C16H12F3NO4S. The van der Waals surface area contributed by atoms with Crippen LogP contribution in [0.3, 0.4) is 0 Å². The number of rotatable bonds is 4. The van der Waals surface area contributed by atoms with Gasteiger partial charge in [-0.3, -0.25) is 9.59 Å². The predicted octanol–water partition coefficient (Wildman–Crippen LogP) is 4.32. The molecule has 0 aromatic heterocycles. The highest BCUT2D eigenvalue weighted by atomic mass is 32.2. The van der Waals surface area contributed by atoms with Crippen molar-refractivity contribution >= 4 is 34.6 Å². The van der Waals surface area contributed by atoms with Gasteiger partial charge < -0.3 is 4.74 Å². The third-order valence-corrected chi connectivity index (χ3v) is 3.77. The number of hydroxylamine groups is 2. The van der Waals surface area contributed by atoms with Crippen molar-refractivity contribution in [2.24, 2.45) is 0 Å². The molecule has 132 valence electrons. The number of amides is 2. The molecule has 0 radical (unpaired) electrons. The minimum absolute atomic E-state index is 0.0473. The molecule has 5 nitrogen and oxygen atoms in total. The Morgan fingerprint density at radius 1 is 1.08 bits per heavy atom. The first-order valence-electron chi connectivity index (χ1n) is 7.22. The second-order valence-electron chi connectivity index (χ2n) is 5.55. The average Bonchev–Trinajstić information content (AvgIpc) is 2.50. The van der Waals surface area contributed by atoms with Crippen LogP contribution in [0.15, 0.2) is 30.3 Å². The first kappa shape index (κ1) is 17.6. The summed E-state index contributed by atoms with van der Waals surface area (Å²) in [6.07, 6.45) is -0.165.